The summed E-state index contributed by atoms with van der Waals surface area (Å²) in [5.74, 6) is 0. The van der Waals surface area contributed by atoms with Crippen LogP contribution in [0.3, 0.4) is 0 Å². The van der Waals surface area contributed by atoms with Gasteiger partial charge in [0.15, 0.2) is 0 Å². The Morgan fingerprint density at radius 1 is 1.63 bits per heavy atom. The molecule has 0 bridgehead atoms. The molecule has 5 nitrogen and oxygen atoms in total. The fraction of sp³-hybridized carbons (Fsp3) is 0.692. The molecule has 106 valence electrons. The van der Waals surface area contributed by atoms with E-state index >= 15 is 0 Å². The van der Waals surface area contributed by atoms with Crippen LogP contribution in [-0.2, 0) is 13.0 Å². The molecule has 1 aromatic heterocycles. The molecule has 0 aliphatic carbocycles. The van der Waals surface area contributed by atoms with Crippen molar-refractivity contribution in [2.75, 3.05) is 20.1 Å². The molecule has 1 aliphatic rings. The molecule has 2 N–H and O–H groups in total. The van der Waals surface area contributed by atoms with Crippen LogP contribution in [-0.4, -0.2) is 42.1 Å². The fourth-order valence-electron chi connectivity index (χ4n) is 2.28. The predicted molar refractivity (Wildman–Crippen MR) is 77.4 cm³/mol. The Labute approximate surface area is 118 Å². The number of aromatic nitrogens is 1. The number of likely N-dealkylation sites (tertiary alicyclic amines) is 1. The van der Waals surface area contributed by atoms with Gasteiger partial charge in [-0.3, -0.25) is 0 Å². The van der Waals surface area contributed by atoms with Gasteiger partial charge in [-0.25, -0.2) is 9.78 Å². The number of rotatable bonds is 4. The third-order valence-electron chi connectivity index (χ3n) is 3.29. The van der Waals surface area contributed by atoms with Gasteiger partial charge in [0, 0.05) is 18.0 Å². The lowest BCUT2D eigenvalue weighted by atomic mass is 10.1. The van der Waals surface area contributed by atoms with Crippen molar-refractivity contribution in [1.29, 1.82) is 0 Å². The summed E-state index contributed by atoms with van der Waals surface area (Å²) in [6.45, 7) is 4.65. The van der Waals surface area contributed by atoms with Crippen LogP contribution in [0.15, 0.2) is 5.38 Å². The Hall–Kier alpha value is -1.14. The van der Waals surface area contributed by atoms with E-state index < -0.39 is 0 Å². The SMILES string of the molecule is CCc1nc(CNC(=O)N[C@@H]2CCCN(C)C2)cs1. The van der Waals surface area contributed by atoms with Crippen molar-refractivity contribution >= 4 is 17.4 Å². The summed E-state index contributed by atoms with van der Waals surface area (Å²) in [6, 6.07) is 0.173. The first-order valence-electron chi connectivity index (χ1n) is 6.83. The minimum Gasteiger partial charge on any atom is -0.334 e. The first-order chi connectivity index (χ1) is 9.17. The third kappa shape index (κ3) is 4.47. The summed E-state index contributed by atoms with van der Waals surface area (Å²) in [6.07, 6.45) is 3.16. The van der Waals surface area contributed by atoms with Crippen molar-refractivity contribution < 1.29 is 4.79 Å². The lowest BCUT2D eigenvalue weighted by molar-refractivity contribution is 0.209. The summed E-state index contributed by atoms with van der Waals surface area (Å²) in [4.78, 5) is 18.5. The standard InChI is InChI=1S/C13H22N4OS/c1-3-12-15-11(9-19-12)7-14-13(18)16-10-5-4-6-17(2)8-10/h9-10H,3-8H2,1-2H3,(H2,14,16,18)/t10-/m1/s1. The Kier molecular flexibility index (Phi) is 5.15. The second-order valence-electron chi connectivity index (χ2n) is 5.01. The van der Waals surface area contributed by atoms with E-state index in [9.17, 15) is 4.79 Å². The van der Waals surface area contributed by atoms with Gasteiger partial charge in [-0.1, -0.05) is 6.92 Å². The van der Waals surface area contributed by atoms with Crippen LogP contribution in [0.4, 0.5) is 4.79 Å². The quantitative estimate of drug-likeness (QED) is 0.882. The Morgan fingerprint density at radius 3 is 3.16 bits per heavy atom. The normalized spacial score (nSPS) is 20.2. The van der Waals surface area contributed by atoms with E-state index in [4.69, 9.17) is 0 Å². The number of piperidine rings is 1. The highest BCUT2D eigenvalue weighted by molar-refractivity contribution is 7.09. The number of hydrogen-bond donors (Lipinski definition) is 2. The average Bonchev–Trinajstić information content (AvgIpc) is 2.84. The summed E-state index contributed by atoms with van der Waals surface area (Å²) >= 11 is 1.65. The highest BCUT2D eigenvalue weighted by atomic mass is 32.1. The molecule has 2 amide bonds. The molecule has 1 fully saturated rings. The number of hydrogen-bond acceptors (Lipinski definition) is 4. The van der Waals surface area contributed by atoms with E-state index in [0.29, 0.717) is 6.54 Å². The first-order valence-corrected chi connectivity index (χ1v) is 7.71. The molecule has 2 heterocycles. The zero-order valence-electron chi connectivity index (χ0n) is 11.6. The van der Waals surface area contributed by atoms with Crippen LogP contribution in [0.2, 0.25) is 0 Å². The summed E-state index contributed by atoms with van der Waals surface area (Å²) in [5.41, 5.74) is 0.942. The van der Waals surface area contributed by atoms with E-state index in [2.05, 4.69) is 34.5 Å². The molecule has 0 spiro atoms. The van der Waals surface area contributed by atoms with Crippen molar-refractivity contribution in [1.82, 2.24) is 20.5 Å². The summed E-state index contributed by atoms with van der Waals surface area (Å²) in [7, 11) is 2.09. The highest BCUT2D eigenvalue weighted by Gasteiger charge is 2.18. The minimum atomic E-state index is -0.0913. The number of carbonyl (C=O) groups excluding carboxylic acids is 1. The number of urea groups is 1. The fourth-order valence-corrected chi connectivity index (χ4v) is 3.03. The second kappa shape index (κ2) is 6.86. The average molecular weight is 282 g/mol. The van der Waals surface area contributed by atoms with Gasteiger partial charge >= 0.3 is 6.03 Å². The molecule has 0 aromatic carbocycles. The van der Waals surface area contributed by atoms with E-state index in [1.54, 1.807) is 11.3 Å². The van der Waals surface area contributed by atoms with Crippen LogP contribution in [0.25, 0.3) is 0 Å². The molecule has 0 radical (unpaired) electrons. The Bertz CT molecular complexity index is 421. The number of likely N-dealkylation sites (N-methyl/N-ethyl adjacent to an activating group) is 1. The maximum atomic E-state index is 11.8. The number of nitrogens with one attached hydrogen (secondary N) is 2. The predicted octanol–water partition coefficient (Wildman–Crippen LogP) is 1.60. The van der Waals surface area contributed by atoms with Crippen LogP contribution < -0.4 is 10.6 Å². The summed E-state index contributed by atoms with van der Waals surface area (Å²) < 4.78 is 0. The molecule has 1 aromatic rings. The number of nitrogens with zero attached hydrogens (tertiary/aromatic N) is 2. The first kappa shape index (κ1) is 14.3. The van der Waals surface area contributed by atoms with Crippen LogP contribution >= 0.6 is 11.3 Å². The zero-order chi connectivity index (χ0) is 13.7. The molecule has 19 heavy (non-hydrogen) atoms. The lowest BCUT2D eigenvalue weighted by Crippen LogP contribution is -2.49. The van der Waals surface area contributed by atoms with Gasteiger partial charge in [-0.05, 0) is 32.9 Å². The van der Waals surface area contributed by atoms with Gasteiger partial charge < -0.3 is 15.5 Å². The molecular weight excluding hydrogens is 260 g/mol. The molecule has 0 unspecified atom stereocenters. The van der Waals surface area contributed by atoms with Crippen molar-refractivity contribution in [3.63, 3.8) is 0 Å². The van der Waals surface area contributed by atoms with Crippen LogP contribution in [0.1, 0.15) is 30.5 Å². The number of amides is 2. The zero-order valence-corrected chi connectivity index (χ0v) is 12.4. The molecule has 2 rings (SSSR count). The molecule has 1 saturated heterocycles. The smallest absolute Gasteiger partial charge is 0.315 e. The third-order valence-corrected chi connectivity index (χ3v) is 4.33. The number of carbonyl (C=O) groups is 1. The van der Waals surface area contributed by atoms with Gasteiger partial charge in [0.1, 0.15) is 0 Å². The Balaban J connectivity index is 1.72. The van der Waals surface area contributed by atoms with Crippen molar-refractivity contribution in [2.24, 2.45) is 0 Å². The van der Waals surface area contributed by atoms with Gasteiger partial charge in [0.2, 0.25) is 0 Å². The highest BCUT2D eigenvalue weighted by Crippen LogP contribution is 2.10. The topological polar surface area (TPSA) is 57.3 Å². The molecule has 1 atom stereocenters. The van der Waals surface area contributed by atoms with Gasteiger partial charge in [-0.2, -0.15) is 0 Å². The second-order valence-corrected chi connectivity index (χ2v) is 5.96. The van der Waals surface area contributed by atoms with E-state index in [-0.39, 0.29) is 12.1 Å². The maximum absolute atomic E-state index is 11.8. The molecule has 1 aliphatic heterocycles. The van der Waals surface area contributed by atoms with Gasteiger partial charge in [0.05, 0.1) is 17.2 Å². The Morgan fingerprint density at radius 2 is 2.47 bits per heavy atom. The minimum absolute atomic E-state index is 0.0913. The largest absolute Gasteiger partial charge is 0.334 e. The van der Waals surface area contributed by atoms with Gasteiger partial charge in [0.25, 0.3) is 0 Å². The van der Waals surface area contributed by atoms with Crippen molar-refractivity contribution in [2.45, 2.75) is 38.8 Å². The lowest BCUT2D eigenvalue weighted by Gasteiger charge is -2.30. The maximum Gasteiger partial charge on any atom is 0.315 e. The van der Waals surface area contributed by atoms with Crippen molar-refractivity contribution in [3.8, 4) is 0 Å². The monoisotopic (exact) mass is 282 g/mol. The van der Waals surface area contributed by atoms with E-state index in [1.807, 2.05) is 5.38 Å². The number of aryl methyl sites for hydroxylation is 1. The van der Waals surface area contributed by atoms with E-state index in [0.717, 1.165) is 43.1 Å². The number of thiazole rings is 1. The van der Waals surface area contributed by atoms with Gasteiger partial charge in [-0.15, -0.1) is 11.3 Å². The van der Waals surface area contributed by atoms with Crippen molar-refractivity contribution in [3.05, 3.63) is 16.1 Å². The molecular formula is C13H22N4OS. The van der Waals surface area contributed by atoms with Crippen LogP contribution in [0, 0.1) is 0 Å². The molecule has 6 heteroatoms. The van der Waals surface area contributed by atoms with Crippen LogP contribution in [0.5, 0.6) is 0 Å². The molecule has 0 saturated carbocycles. The summed E-state index contributed by atoms with van der Waals surface area (Å²) in [5, 5.41) is 9.02. The van der Waals surface area contributed by atoms with E-state index in [1.165, 1.54) is 0 Å².